The van der Waals surface area contributed by atoms with Gasteiger partial charge < -0.3 is 20.7 Å². The van der Waals surface area contributed by atoms with Gasteiger partial charge in [0.15, 0.2) is 5.13 Å². The van der Waals surface area contributed by atoms with Crippen LogP contribution in [-0.2, 0) is 9.59 Å². The Morgan fingerprint density at radius 1 is 0.936 bits per heavy atom. The summed E-state index contributed by atoms with van der Waals surface area (Å²) < 4.78 is 5.40. The average molecular weight is 666 g/mol. The molecule has 5 aromatic rings. The van der Waals surface area contributed by atoms with E-state index < -0.39 is 16.7 Å². The van der Waals surface area contributed by atoms with Crippen molar-refractivity contribution in [3.8, 4) is 17.0 Å². The van der Waals surface area contributed by atoms with E-state index in [2.05, 4.69) is 20.9 Å². The number of thioether (sulfide) groups is 1. The maximum atomic E-state index is 13.4. The number of methoxy groups -OCH3 is 1. The zero-order chi connectivity index (χ0) is 33.2. The summed E-state index contributed by atoms with van der Waals surface area (Å²) in [6.45, 7) is 0. The number of anilines is 2. The molecule has 0 radical (unpaired) electrons. The minimum Gasteiger partial charge on any atom is -0.496 e. The topological polar surface area (TPSA) is 153 Å². The standard InChI is InChI=1S/C34H27N5O6S2/c1-45-30-13-6-5-12-27(30)29-20-47-34(37-29)38-31(40)21-46-26-11-7-10-24(19-26)35-33(42)28(36-32(41)23-8-3-2-4-9-23)18-22-14-16-25(17-15-22)39(43)44/h2-20H,21H2,1H3,(H,35,42)(H,36,41)(H,37,38,40)/b28-18+. The number of non-ortho nitro benzene ring substituents is 1. The number of para-hydroxylation sites is 1. The lowest BCUT2D eigenvalue weighted by atomic mass is 10.1. The van der Waals surface area contributed by atoms with Crippen LogP contribution in [0, 0.1) is 10.1 Å². The zero-order valence-corrected chi connectivity index (χ0v) is 26.5. The molecular weight excluding hydrogens is 639 g/mol. The van der Waals surface area contributed by atoms with Crippen molar-refractivity contribution in [2.75, 3.05) is 23.5 Å². The largest absolute Gasteiger partial charge is 0.496 e. The highest BCUT2D eigenvalue weighted by molar-refractivity contribution is 8.00. The number of aromatic nitrogens is 1. The summed E-state index contributed by atoms with van der Waals surface area (Å²) in [5.41, 5.74) is 2.60. The first-order chi connectivity index (χ1) is 22.8. The number of carbonyl (C=O) groups is 3. The molecule has 11 nitrogen and oxygen atoms in total. The number of amides is 3. The van der Waals surface area contributed by atoms with E-state index in [4.69, 9.17) is 4.74 Å². The summed E-state index contributed by atoms with van der Waals surface area (Å²) in [5, 5.41) is 21.6. The zero-order valence-electron chi connectivity index (χ0n) is 24.8. The Labute approximate surface area is 277 Å². The van der Waals surface area contributed by atoms with E-state index in [9.17, 15) is 24.5 Å². The molecule has 0 unspecified atom stereocenters. The summed E-state index contributed by atoms with van der Waals surface area (Å²) >= 11 is 2.59. The van der Waals surface area contributed by atoms with Crippen LogP contribution in [0.3, 0.4) is 0 Å². The van der Waals surface area contributed by atoms with E-state index >= 15 is 0 Å². The molecule has 1 aromatic heterocycles. The Bertz CT molecular complexity index is 1940. The number of nitro benzene ring substituents is 1. The van der Waals surface area contributed by atoms with Gasteiger partial charge in [-0.1, -0.05) is 36.4 Å². The van der Waals surface area contributed by atoms with Crippen molar-refractivity contribution in [2.24, 2.45) is 0 Å². The number of nitrogens with zero attached hydrogens (tertiary/aromatic N) is 2. The number of rotatable bonds is 12. The molecule has 1 heterocycles. The predicted molar refractivity (Wildman–Crippen MR) is 184 cm³/mol. The highest BCUT2D eigenvalue weighted by atomic mass is 32.2. The van der Waals surface area contributed by atoms with E-state index in [1.807, 2.05) is 35.7 Å². The maximum Gasteiger partial charge on any atom is 0.272 e. The third kappa shape index (κ3) is 8.90. The Kier molecular flexibility index (Phi) is 10.7. The molecule has 47 heavy (non-hydrogen) atoms. The first-order valence-corrected chi connectivity index (χ1v) is 15.9. The van der Waals surface area contributed by atoms with Gasteiger partial charge in [0, 0.05) is 39.2 Å². The monoisotopic (exact) mass is 665 g/mol. The molecule has 13 heteroatoms. The van der Waals surface area contributed by atoms with Gasteiger partial charge in [0.25, 0.3) is 17.5 Å². The Hall–Kier alpha value is -5.79. The SMILES string of the molecule is COc1ccccc1-c1csc(NC(=O)CSc2cccc(NC(=O)/C(=C\c3ccc([N+](=O)[O-])cc3)NC(=O)c3ccccc3)c2)n1. The molecule has 0 saturated heterocycles. The van der Waals surface area contributed by atoms with Crippen LogP contribution in [0.1, 0.15) is 15.9 Å². The molecule has 0 spiro atoms. The molecule has 0 bridgehead atoms. The second-order valence-corrected chi connectivity index (χ2v) is 11.7. The minimum atomic E-state index is -0.609. The highest BCUT2D eigenvalue weighted by Crippen LogP contribution is 2.32. The second kappa shape index (κ2) is 15.5. The number of carbonyl (C=O) groups excluding carboxylic acids is 3. The van der Waals surface area contributed by atoms with Gasteiger partial charge in [-0.2, -0.15) is 0 Å². The van der Waals surface area contributed by atoms with E-state index in [-0.39, 0.29) is 23.0 Å². The van der Waals surface area contributed by atoms with Crippen LogP contribution >= 0.6 is 23.1 Å². The van der Waals surface area contributed by atoms with Crippen LogP contribution in [0.15, 0.2) is 119 Å². The lowest BCUT2D eigenvalue weighted by Gasteiger charge is -2.12. The van der Waals surface area contributed by atoms with Gasteiger partial charge in [-0.15, -0.1) is 23.1 Å². The third-order valence-electron chi connectivity index (χ3n) is 6.54. The van der Waals surface area contributed by atoms with Gasteiger partial charge in [0.05, 0.1) is 23.5 Å². The van der Waals surface area contributed by atoms with Crippen LogP contribution in [-0.4, -0.2) is 40.5 Å². The fraction of sp³-hybridized carbons (Fsp3) is 0.0588. The van der Waals surface area contributed by atoms with Crippen LogP contribution in [0.5, 0.6) is 5.75 Å². The number of hydrogen-bond acceptors (Lipinski definition) is 9. The average Bonchev–Trinajstić information content (AvgIpc) is 3.55. The van der Waals surface area contributed by atoms with Gasteiger partial charge >= 0.3 is 0 Å². The lowest BCUT2D eigenvalue weighted by Crippen LogP contribution is -2.30. The third-order valence-corrected chi connectivity index (χ3v) is 8.29. The predicted octanol–water partition coefficient (Wildman–Crippen LogP) is 6.87. The summed E-state index contributed by atoms with van der Waals surface area (Å²) in [4.78, 5) is 54.8. The minimum absolute atomic E-state index is 0.0684. The molecule has 0 saturated carbocycles. The van der Waals surface area contributed by atoms with Crippen molar-refractivity contribution in [3.05, 3.63) is 135 Å². The summed E-state index contributed by atoms with van der Waals surface area (Å²) in [7, 11) is 1.59. The number of thiazole rings is 1. The van der Waals surface area contributed by atoms with Gasteiger partial charge in [0.1, 0.15) is 11.4 Å². The molecule has 4 aromatic carbocycles. The molecule has 0 aliphatic carbocycles. The van der Waals surface area contributed by atoms with Crippen LogP contribution < -0.4 is 20.7 Å². The molecule has 3 amide bonds. The fourth-order valence-corrected chi connectivity index (χ4v) is 5.76. The van der Waals surface area contributed by atoms with E-state index in [0.29, 0.717) is 33.4 Å². The number of benzene rings is 4. The summed E-state index contributed by atoms with van der Waals surface area (Å²) in [6, 6.07) is 28.4. The number of ether oxygens (including phenoxy) is 1. The first-order valence-electron chi connectivity index (χ1n) is 14.0. The van der Waals surface area contributed by atoms with Crippen molar-refractivity contribution >= 4 is 63.4 Å². The molecule has 0 aliphatic rings. The fourth-order valence-electron chi connectivity index (χ4n) is 4.28. The molecule has 0 atom stereocenters. The van der Waals surface area contributed by atoms with E-state index in [1.54, 1.807) is 55.6 Å². The lowest BCUT2D eigenvalue weighted by molar-refractivity contribution is -0.384. The second-order valence-electron chi connectivity index (χ2n) is 9.78. The maximum absolute atomic E-state index is 13.4. The molecular formula is C34H27N5O6S2. The van der Waals surface area contributed by atoms with Gasteiger partial charge in [0.2, 0.25) is 5.91 Å². The normalized spacial score (nSPS) is 11.0. The van der Waals surface area contributed by atoms with Crippen LogP contribution in [0.4, 0.5) is 16.5 Å². The number of nitro groups is 1. The summed E-state index contributed by atoms with van der Waals surface area (Å²) in [6.07, 6.45) is 1.43. The van der Waals surface area contributed by atoms with Crippen molar-refractivity contribution in [1.82, 2.24) is 10.3 Å². The van der Waals surface area contributed by atoms with Crippen molar-refractivity contribution in [3.63, 3.8) is 0 Å². The van der Waals surface area contributed by atoms with Crippen LogP contribution in [0.25, 0.3) is 17.3 Å². The quantitative estimate of drug-likeness (QED) is 0.0565. The number of hydrogen-bond donors (Lipinski definition) is 3. The van der Waals surface area contributed by atoms with Crippen molar-refractivity contribution in [1.29, 1.82) is 0 Å². The van der Waals surface area contributed by atoms with E-state index in [0.717, 1.165) is 10.5 Å². The molecule has 0 aliphatic heterocycles. The molecule has 236 valence electrons. The molecule has 3 N–H and O–H groups in total. The van der Waals surface area contributed by atoms with Gasteiger partial charge in [-0.25, -0.2) is 4.98 Å². The summed E-state index contributed by atoms with van der Waals surface area (Å²) in [5.74, 6) is -0.575. The van der Waals surface area contributed by atoms with Crippen LogP contribution in [0.2, 0.25) is 0 Å². The van der Waals surface area contributed by atoms with E-state index in [1.165, 1.54) is 53.4 Å². The Morgan fingerprint density at radius 2 is 1.68 bits per heavy atom. The Balaban J connectivity index is 1.24. The van der Waals surface area contributed by atoms with Gasteiger partial charge in [-0.05, 0) is 66.2 Å². The highest BCUT2D eigenvalue weighted by Gasteiger charge is 2.16. The molecule has 5 rings (SSSR count). The molecule has 0 fully saturated rings. The van der Waals surface area contributed by atoms with Crippen molar-refractivity contribution < 1.29 is 24.0 Å². The smallest absolute Gasteiger partial charge is 0.272 e. The number of nitrogens with one attached hydrogen (secondary N) is 3. The Morgan fingerprint density at radius 3 is 2.43 bits per heavy atom. The van der Waals surface area contributed by atoms with Crippen molar-refractivity contribution in [2.45, 2.75) is 4.90 Å². The first kappa shape index (κ1) is 32.6. The van der Waals surface area contributed by atoms with Gasteiger partial charge in [-0.3, -0.25) is 24.5 Å².